The van der Waals surface area contributed by atoms with Crippen molar-refractivity contribution in [1.82, 2.24) is 4.57 Å². The van der Waals surface area contributed by atoms with Gasteiger partial charge in [-0.1, -0.05) is 30.3 Å². The van der Waals surface area contributed by atoms with Gasteiger partial charge in [0, 0.05) is 35.4 Å². The van der Waals surface area contributed by atoms with Gasteiger partial charge in [0.1, 0.15) is 11.5 Å². The van der Waals surface area contributed by atoms with Gasteiger partial charge in [0.2, 0.25) is 5.91 Å². The Bertz CT molecular complexity index is 1250. The number of benzene rings is 3. The van der Waals surface area contributed by atoms with E-state index in [0.29, 0.717) is 13.0 Å². The number of hydrogen-bond acceptors (Lipinski definition) is 3. The molecule has 0 atom stereocenters. The van der Waals surface area contributed by atoms with E-state index in [9.17, 15) is 4.79 Å². The fraction of sp³-hybridized carbons (Fsp3) is 0.222. The van der Waals surface area contributed by atoms with Crippen LogP contribution in [-0.4, -0.2) is 24.7 Å². The Hall–Kier alpha value is -3.73. The van der Waals surface area contributed by atoms with Crippen LogP contribution in [0.2, 0.25) is 0 Å². The summed E-state index contributed by atoms with van der Waals surface area (Å²) in [4.78, 5) is 12.9. The number of amides is 1. The van der Waals surface area contributed by atoms with Crippen molar-refractivity contribution in [2.45, 2.75) is 26.8 Å². The summed E-state index contributed by atoms with van der Waals surface area (Å²) in [6.07, 6.45) is 2.38. The van der Waals surface area contributed by atoms with Gasteiger partial charge in [0.05, 0.1) is 20.6 Å². The number of para-hydroxylation sites is 1. The molecule has 1 aromatic heterocycles. The van der Waals surface area contributed by atoms with Crippen molar-refractivity contribution >= 4 is 22.5 Å². The zero-order chi connectivity index (χ0) is 22.7. The van der Waals surface area contributed by atoms with Crippen LogP contribution in [0.25, 0.3) is 10.9 Å². The molecular formula is C27H28N2O3. The second-order valence-corrected chi connectivity index (χ2v) is 7.99. The zero-order valence-electron chi connectivity index (χ0n) is 18.9. The first-order chi connectivity index (χ1) is 15.5. The van der Waals surface area contributed by atoms with E-state index in [2.05, 4.69) is 28.2 Å². The summed E-state index contributed by atoms with van der Waals surface area (Å²) in [5.41, 5.74) is 6.26. The van der Waals surface area contributed by atoms with E-state index in [1.807, 2.05) is 62.4 Å². The van der Waals surface area contributed by atoms with E-state index in [1.165, 1.54) is 0 Å². The molecule has 1 N–H and O–H groups in total. The van der Waals surface area contributed by atoms with Crippen LogP contribution in [0.15, 0.2) is 66.9 Å². The van der Waals surface area contributed by atoms with Gasteiger partial charge in [-0.3, -0.25) is 4.79 Å². The van der Waals surface area contributed by atoms with Crippen molar-refractivity contribution in [1.29, 1.82) is 0 Å². The number of aryl methyl sites for hydroxylation is 1. The maximum atomic E-state index is 12.9. The molecular weight excluding hydrogens is 400 g/mol. The number of carbonyl (C=O) groups is 1. The van der Waals surface area contributed by atoms with Gasteiger partial charge in [0.25, 0.3) is 0 Å². The largest absolute Gasteiger partial charge is 0.497 e. The summed E-state index contributed by atoms with van der Waals surface area (Å²) in [5.74, 6) is 1.48. The first-order valence-corrected chi connectivity index (χ1v) is 10.6. The van der Waals surface area contributed by atoms with Gasteiger partial charge in [-0.05, 0) is 60.4 Å². The molecule has 1 heterocycles. The highest BCUT2D eigenvalue weighted by Gasteiger charge is 2.14. The van der Waals surface area contributed by atoms with E-state index < -0.39 is 0 Å². The second kappa shape index (κ2) is 9.18. The smallest absolute Gasteiger partial charge is 0.228 e. The molecule has 0 bridgehead atoms. The lowest BCUT2D eigenvalue weighted by molar-refractivity contribution is -0.115. The van der Waals surface area contributed by atoms with Gasteiger partial charge >= 0.3 is 0 Å². The summed E-state index contributed by atoms with van der Waals surface area (Å²) in [7, 11) is 3.30. The number of fused-ring (bicyclic) bond motifs is 1. The molecule has 164 valence electrons. The summed E-state index contributed by atoms with van der Waals surface area (Å²) in [6, 6.07) is 20.0. The number of methoxy groups -OCH3 is 2. The van der Waals surface area contributed by atoms with Crippen LogP contribution >= 0.6 is 0 Å². The minimum atomic E-state index is -0.0235. The molecule has 3 aromatic carbocycles. The summed E-state index contributed by atoms with van der Waals surface area (Å²) in [6.45, 7) is 4.72. The third-order valence-electron chi connectivity index (χ3n) is 5.86. The first kappa shape index (κ1) is 21.5. The monoisotopic (exact) mass is 428 g/mol. The molecule has 5 nitrogen and oxygen atoms in total. The number of anilines is 1. The molecule has 4 aromatic rings. The minimum Gasteiger partial charge on any atom is -0.497 e. The molecule has 5 heteroatoms. The molecule has 4 rings (SSSR count). The number of rotatable bonds is 7. The number of nitrogens with zero attached hydrogens (tertiary/aromatic N) is 1. The minimum absolute atomic E-state index is 0.0235. The quantitative estimate of drug-likeness (QED) is 0.423. The molecule has 0 aliphatic rings. The van der Waals surface area contributed by atoms with Gasteiger partial charge in [-0.2, -0.15) is 0 Å². The van der Waals surface area contributed by atoms with Crippen molar-refractivity contribution in [2.24, 2.45) is 0 Å². The fourth-order valence-electron chi connectivity index (χ4n) is 4.00. The maximum absolute atomic E-state index is 12.9. The predicted molar refractivity (Wildman–Crippen MR) is 129 cm³/mol. The Morgan fingerprint density at radius 3 is 2.38 bits per heavy atom. The highest BCUT2D eigenvalue weighted by atomic mass is 16.5. The standard InChI is InChI=1S/C27H28N2O3/c1-18-8-7-10-25(19(18)2)28-27(30)14-21-17-29(26-11-6-5-9-24(21)26)16-20-12-22(31-3)15-23(13-20)32-4/h5-13,15,17H,14,16H2,1-4H3,(H,28,30). The van der Waals surface area contributed by atoms with Crippen molar-refractivity contribution < 1.29 is 14.3 Å². The summed E-state index contributed by atoms with van der Waals surface area (Å²) < 4.78 is 13.0. The highest BCUT2D eigenvalue weighted by Crippen LogP contribution is 2.27. The Labute approximate surface area is 188 Å². The van der Waals surface area contributed by atoms with Crippen LogP contribution < -0.4 is 14.8 Å². The molecule has 0 fully saturated rings. The fourth-order valence-corrected chi connectivity index (χ4v) is 4.00. The van der Waals surface area contributed by atoms with Crippen molar-refractivity contribution in [3.63, 3.8) is 0 Å². The van der Waals surface area contributed by atoms with Gasteiger partial charge < -0.3 is 19.4 Å². The van der Waals surface area contributed by atoms with Gasteiger partial charge in [-0.25, -0.2) is 0 Å². The zero-order valence-corrected chi connectivity index (χ0v) is 18.9. The van der Waals surface area contributed by atoms with Crippen LogP contribution in [0.5, 0.6) is 11.5 Å². The SMILES string of the molecule is COc1cc(Cn2cc(CC(=O)Nc3cccc(C)c3C)c3ccccc32)cc(OC)c1. The van der Waals surface area contributed by atoms with Crippen molar-refractivity contribution in [2.75, 3.05) is 19.5 Å². The van der Waals surface area contributed by atoms with Crippen LogP contribution in [0, 0.1) is 13.8 Å². The van der Waals surface area contributed by atoms with E-state index >= 15 is 0 Å². The molecule has 0 radical (unpaired) electrons. The van der Waals surface area contributed by atoms with Crippen molar-refractivity contribution in [3.05, 3.63) is 89.1 Å². The first-order valence-electron chi connectivity index (χ1n) is 10.6. The van der Waals surface area contributed by atoms with Gasteiger partial charge in [-0.15, -0.1) is 0 Å². The van der Waals surface area contributed by atoms with Crippen molar-refractivity contribution in [3.8, 4) is 11.5 Å². The summed E-state index contributed by atoms with van der Waals surface area (Å²) in [5, 5.41) is 4.15. The third kappa shape index (κ3) is 4.47. The molecule has 0 spiro atoms. The van der Waals surface area contributed by atoms with E-state index in [-0.39, 0.29) is 5.91 Å². The van der Waals surface area contributed by atoms with Crippen LogP contribution in [0.3, 0.4) is 0 Å². The van der Waals surface area contributed by atoms with Crippen LogP contribution in [-0.2, 0) is 17.8 Å². The number of ether oxygens (including phenoxy) is 2. The number of hydrogen-bond donors (Lipinski definition) is 1. The second-order valence-electron chi connectivity index (χ2n) is 7.99. The highest BCUT2D eigenvalue weighted by molar-refractivity contribution is 5.96. The van der Waals surface area contributed by atoms with E-state index in [0.717, 1.165) is 50.3 Å². The Morgan fingerprint density at radius 2 is 1.66 bits per heavy atom. The average molecular weight is 429 g/mol. The normalized spacial score (nSPS) is 10.9. The lowest BCUT2D eigenvalue weighted by Gasteiger charge is -2.10. The van der Waals surface area contributed by atoms with Crippen LogP contribution in [0.1, 0.15) is 22.3 Å². The molecule has 32 heavy (non-hydrogen) atoms. The third-order valence-corrected chi connectivity index (χ3v) is 5.86. The molecule has 1 amide bonds. The van der Waals surface area contributed by atoms with E-state index in [1.54, 1.807) is 14.2 Å². The average Bonchev–Trinajstić information content (AvgIpc) is 3.13. The molecule has 0 aliphatic carbocycles. The molecule has 0 aliphatic heterocycles. The van der Waals surface area contributed by atoms with E-state index in [4.69, 9.17) is 9.47 Å². The Balaban J connectivity index is 1.62. The number of carbonyl (C=O) groups excluding carboxylic acids is 1. The number of nitrogens with one attached hydrogen (secondary N) is 1. The lowest BCUT2D eigenvalue weighted by atomic mass is 10.1. The molecule has 0 saturated carbocycles. The Kier molecular flexibility index (Phi) is 6.17. The summed E-state index contributed by atoms with van der Waals surface area (Å²) >= 11 is 0. The lowest BCUT2D eigenvalue weighted by Crippen LogP contribution is -2.15. The maximum Gasteiger partial charge on any atom is 0.228 e. The predicted octanol–water partition coefficient (Wildman–Crippen LogP) is 5.50. The topological polar surface area (TPSA) is 52.5 Å². The van der Waals surface area contributed by atoms with Crippen LogP contribution in [0.4, 0.5) is 5.69 Å². The molecule has 0 saturated heterocycles. The number of aromatic nitrogens is 1. The van der Waals surface area contributed by atoms with Gasteiger partial charge in [0.15, 0.2) is 0 Å². The molecule has 0 unspecified atom stereocenters. The Morgan fingerprint density at radius 1 is 0.938 bits per heavy atom.